The van der Waals surface area contributed by atoms with Gasteiger partial charge < -0.3 is 10.2 Å². The lowest BCUT2D eigenvalue weighted by molar-refractivity contribution is -0.124. The van der Waals surface area contributed by atoms with Crippen LogP contribution in [-0.2, 0) is 4.79 Å². The molecular formula is C4H8NO3. The molecule has 0 fully saturated rings. The van der Waals surface area contributed by atoms with Gasteiger partial charge in [0.15, 0.2) is 0 Å². The fourth-order valence-corrected chi connectivity index (χ4v) is 0.224. The van der Waals surface area contributed by atoms with Gasteiger partial charge in [-0.3, -0.25) is 10.5 Å². The standard InChI is InChI=1S/C4H8NO3/c5-4(8)3(1-6)2-7/h3,5-7H,1-2H2. The monoisotopic (exact) mass is 118 g/mol. The van der Waals surface area contributed by atoms with Gasteiger partial charge in [0.1, 0.15) is 0 Å². The van der Waals surface area contributed by atoms with Gasteiger partial charge in [-0.15, -0.1) is 0 Å². The Kier molecular flexibility index (Phi) is 3.14. The molecule has 47 valence electrons. The Morgan fingerprint density at radius 1 is 1.50 bits per heavy atom. The van der Waals surface area contributed by atoms with E-state index in [4.69, 9.17) is 15.9 Å². The zero-order valence-corrected chi connectivity index (χ0v) is 4.29. The molecule has 0 saturated heterocycles. The summed E-state index contributed by atoms with van der Waals surface area (Å²) in [5.41, 5.74) is 6.38. The summed E-state index contributed by atoms with van der Waals surface area (Å²) >= 11 is 0. The number of hydrogen-bond acceptors (Lipinski definition) is 3. The molecule has 0 saturated carbocycles. The van der Waals surface area contributed by atoms with Crippen LogP contribution in [-0.4, -0.2) is 29.3 Å². The van der Waals surface area contributed by atoms with Crippen molar-refractivity contribution in [1.29, 1.82) is 0 Å². The van der Waals surface area contributed by atoms with Crippen molar-refractivity contribution < 1.29 is 15.0 Å². The number of rotatable bonds is 3. The molecule has 0 aromatic carbocycles. The van der Waals surface area contributed by atoms with Gasteiger partial charge in [-0.1, -0.05) is 0 Å². The van der Waals surface area contributed by atoms with E-state index in [1.165, 1.54) is 0 Å². The van der Waals surface area contributed by atoms with E-state index in [-0.39, 0.29) is 0 Å². The molecule has 0 spiro atoms. The zero-order valence-electron chi connectivity index (χ0n) is 4.29. The highest BCUT2D eigenvalue weighted by molar-refractivity contribution is 5.75. The average Bonchev–Trinajstić information content (AvgIpc) is 1.69. The number of hydrogen-bond donors (Lipinski definition) is 2. The first-order valence-electron chi connectivity index (χ1n) is 2.19. The van der Waals surface area contributed by atoms with E-state index in [0.717, 1.165) is 0 Å². The SMILES string of the molecule is [NH]C(=O)C(CO)CO. The van der Waals surface area contributed by atoms with Crippen LogP contribution in [0, 0.1) is 5.92 Å². The summed E-state index contributed by atoms with van der Waals surface area (Å²) in [7, 11) is 0. The van der Waals surface area contributed by atoms with Crippen LogP contribution in [0.4, 0.5) is 0 Å². The summed E-state index contributed by atoms with van der Waals surface area (Å²) in [6, 6.07) is 0. The first-order chi connectivity index (χ1) is 3.72. The molecule has 0 aliphatic rings. The van der Waals surface area contributed by atoms with Gasteiger partial charge in [0.2, 0.25) is 5.91 Å². The number of aliphatic hydroxyl groups excluding tert-OH is 2. The van der Waals surface area contributed by atoms with E-state index < -0.39 is 25.0 Å². The molecule has 0 aromatic rings. The van der Waals surface area contributed by atoms with Crippen molar-refractivity contribution >= 4 is 5.91 Å². The molecule has 3 N–H and O–H groups in total. The Morgan fingerprint density at radius 2 is 1.88 bits per heavy atom. The molecule has 0 heterocycles. The van der Waals surface area contributed by atoms with Crippen LogP contribution >= 0.6 is 0 Å². The lowest BCUT2D eigenvalue weighted by atomic mass is 10.2. The Balaban J connectivity index is 3.52. The molecule has 1 radical (unpaired) electrons. The fraction of sp³-hybridized carbons (Fsp3) is 0.750. The van der Waals surface area contributed by atoms with Gasteiger partial charge >= 0.3 is 0 Å². The lowest BCUT2D eigenvalue weighted by Gasteiger charge is -2.01. The normalized spacial score (nSPS) is 9.88. The van der Waals surface area contributed by atoms with Gasteiger partial charge in [0, 0.05) is 0 Å². The van der Waals surface area contributed by atoms with E-state index in [0.29, 0.717) is 0 Å². The average molecular weight is 118 g/mol. The molecule has 0 rings (SSSR count). The molecule has 0 aliphatic heterocycles. The highest BCUT2D eigenvalue weighted by atomic mass is 16.3. The Labute approximate surface area is 46.9 Å². The largest absolute Gasteiger partial charge is 0.395 e. The lowest BCUT2D eigenvalue weighted by Crippen LogP contribution is -2.22. The molecular weight excluding hydrogens is 110 g/mol. The molecule has 0 aromatic heterocycles. The van der Waals surface area contributed by atoms with Gasteiger partial charge in [-0.05, 0) is 0 Å². The second kappa shape index (κ2) is 3.40. The minimum atomic E-state index is -0.921. The van der Waals surface area contributed by atoms with Crippen molar-refractivity contribution in [1.82, 2.24) is 5.73 Å². The van der Waals surface area contributed by atoms with Crippen molar-refractivity contribution in [3.05, 3.63) is 0 Å². The predicted molar refractivity (Wildman–Crippen MR) is 25.8 cm³/mol. The summed E-state index contributed by atoms with van der Waals surface area (Å²) in [6.07, 6.45) is 0. The molecule has 8 heavy (non-hydrogen) atoms. The number of carbonyl (C=O) groups is 1. The molecule has 0 bridgehead atoms. The summed E-state index contributed by atoms with van der Waals surface area (Å²) in [5, 5.41) is 16.4. The zero-order chi connectivity index (χ0) is 6.57. The van der Waals surface area contributed by atoms with Crippen LogP contribution in [0.25, 0.3) is 0 Å². The smallest absolute Gasteiger partial charge is 0.246 e. The highest BCUT2D eigenvalue weighted by Gasteiger charge is 2.11. The van der Waals surface area contributed by atoms with Crippen molar-refractivity contribution in [3.8, 4) is 0 Å². The molecule has 0 unspecified atom stereocenters. The van der Waals surface area contributed by atoms with E-state index in [1.807, 2.05) is 0 Å². The van der Waals surface area contributed by atoms with Gasteiger partial charge in [-0.25, -0.2) is 0 Å². The number of amides is 1. The van der Waals surface area contributed by atoms with E-state index in [9.17, 15) is 4.79 Å². The maximum atomic E-state index is 9.95. The van der Waals surface area contributed by atoms with E-state index in [2.05, 4.69) is 0 Å². The highest BCUT2D eigenvalue weighted by Crippen LogP contribution is 1.89. The van der Waals surface area contributed by atoms with Crippen molar-refractivity contribution in [3.63, 3.8) is 0 Å². The van der Waals surface area contributed by atoms with Crippen LogP contribution < -0.4 is 5.73 Å². The van der Waals surface area contributed by atoms with E-state index >= 15 is 0 Å². The van der Waals surface area contributed by atoms with Gasteiger partial charge in [0.25, 0.3) is 0 Å². The van der Waals surface area contributed by atoms with E-state index in [1.54, 1.807) is 0 Å². The van der Waals surface area contributed by atoms with Crippen LogP contribution in [0.15, 0.2) is 0 Å². The second-order valence-electron chi connectivity index (χ2n) is 1.43. The maximum absolute atomic E-state index is 9.95. The molecule has 4 nitrogen and oxygen atoms in total. The Bertz CT molecular complexity index is 79.4. The maximum Gasteiger partial charge on any atom is 0.246 e. The number of nitrogens with one attached hydrogen (secondary N) is 1. The number of carbonyl (C=O) groups excluding carboxylic acids is 1. The van der Waals surface area contributed by atoms with Crippen LogP contribution in [0.3, 0.4) is 0 Å². The van der Waals surface area contributed by atoms with Crippen LogP contribution in [0.5, 0.6) is 0 Å². The minimum absolute atomic E-state index is 0.446. The summed E-state index contributed by atoms with van der Waals surface area (Å²) in [4.78, 5) is 9.95. The predicted octanol–water partition coefficient (Wildman–Crippen LogP) is -1.60. The first kappa shape index (κ1) is 7.39. The Morgan fingerprint density at radius 3 is 1.88 bits per heavy atom. The third-order valence-corrected chi connectivity index (χ3v) is 0.812. The molecule has 1 amide bonds. The fourth-order valence-electron chi connectivity index (χ4n) is 0.224. The third kappa shape index (κ3) is 1.90. The summed E-state index contributed by atoms with van der Waals surface area (Å²) in [5.74, 6) is -1.83. The number of aliphatic hydroxyl groups is 2. The third-order valence-electron chi connectivity index (χ3n) is 0.812. The van der Waals surface area contributed by atoms with Gasteiger partial charge in [0.05, 0.1) is 19.1 Å². The van der Waals surface area contributed by atoms with Crippen molar-refractivity contribution in [2.75, 3.05) is 13.2 Å². The minimum Gasteiger partial charge on any atom is -0.395 e. The van der Waals surface area contributed by atoms with Crippen molar-refractivity contribution in [2.45, 2.75) is 0 Å². The first-order valence-corrected chi connectivity index (χ1v) is 2.19. The summed E-state index contributed by atoms with van der Waals surface area (Å²) < 4.78 is 0. The summed E-state index contributed by atoms with van der Waals surface area (Å²) in [6.45, 7) is -0.891. The second-order valence-corrected chi connectivity index (χ2v) is 1.43. The van der Waals surface area contributed by atoms with Crippen LogP contribution in [0.2, 0.25) is 0 Å². The quantitative estimate of drug-likeness (QED) is 0.468. The molecule has 0 atom stereocenters. The van der Waals surface area contributed by atoms with Crippen LogP contribution in [0.1, 0.15) is 0 Å². The van der Waals surface area contributed by atoms with Crippen molar-refractivity contribution in [2.24, 2.45) is 5.92 Å². The molecule has 4 heteroatoms. The van der Waals surface area contributed by atoms with Gasteiger partial charge in [-0.2, -0.15) is 0 Å². The topological polar surface area (TPSA) is 81.3 Å². The molecule has 0 aliphatic carbocycles. The Hall–Kier alpha value is -0.610.